The average Bonchev–Trinajstić information content (AvgIpc) is 3.23. The van der Waals surface area contributed by atoms with E-state index < -0.39 is 6.10 Å². The van der Waals surface area contributed by atoms with Crippen LogP contribution in [-0.4, -0.2) is 53.0 Å². The third-order valence-corrected chi connectivity index (χ3v) is 4.96. The molecule has 0 radical (unpaired) electrons. The molecule has 1 N–H and O–H groups in total. The number of fused-ring (bicyclic) bond motifs is 1. The molecule has 3 aromatic rings. The predicted octanol–water partition coefficient (Wildman–Crippen LogP) is 2.33. The number of thiophene rings is 1. The van der Waals surface area contributed by atoms with Crippen LogP contribution in [0.5, 0.6) is 0 Å². The first-order chi connectivity index (χ1) is 11.7. The predicted molar refractivity (Wildman–Crippen MR) is 94.4 cm³/mol. The number of morpholine rings is 1. The van der Waals surface area contributed by atoms with Gasteiger partial charge in [0.25, 0.3) is 5.91 Å². The lowest BCUT2D eigenvalue weighted by molar-refractivity contribution is -0.132. The topological polar surface area (TPSA) is 58.9 Å². The summed E-state index contributed by atoms with van der Waals surface area (Å²) in [5, 5.41) is 5.03. The van der Waals surface area contributed by atoms with Crippen molar-refractivity contribution >= 4 is 28.7 Å². The van der Waals surface area contributed by atoms with Crippen LogP contribution in [0.1, 0.15) is 0 Å². The Morgan fingerprint density at radius 3 is 3.08 bits per heavy atom. The number of nitrogens with zero attached hydrogens (tertiary/aromatic N) is 3. The molecule has 24 heavy (non-hydrogen) atoms. The van der Waals surface area contributed by atoms with Crippen molar-refractivity contribution in [3.8, 4) is 10.6 Å². The van der Waals surface area contributed by atoms with Crippen molar-refractivity contribution in [1.82, 2.24) is 14.3 Å². The Labute approximate surface area is 143 Å². The Bertz CT molecular complexity index is 859. The van der Waals surface area contributed by atoms with Crippen LogP contribution in [-0.2, 0) is 9.53 Å². The first kappa shape index (κ1) is 15.3. The summed E-state index contributed by atoms with van der Waals surface area (Å²) in [5.74, 6) is 0.555. The molecule has 4 rings (SSSR count). The van der Waals surface area contributed by atoms with Crippen LogP contribution in [0.4, 0.5) is 5.82 Å². The number of ether oxygens (including phenoxy) is 1. The zero-order valence-corrected chi connectivity index (χ0v) is 14.1. The molecule has 0 aromatic carbocycles. The van der Waals surface area contributed by atoms with Crippen molar-refractivity contribution < 1.29 is 9.53 Å². The lowest BCUT2D eigenvalue weighted by Gasteiger charge is -2.29. The van der Waals surface area contributed by atoms with Crippen molar-refractivity contribution in [3.05, 3.63) is 41.9 Å². The minimum atomic E-state index is -0.464. The third kappa shape index (κ3) is 2.82. The molecule has 0 saturated carbocycles. The second kappa shape index (κ2) is 6.35. The van der Waals surface area contributed by atoms with Gasteiger partial charge in [0.1, 0.15) is 23.3 Å². The summed E-state index contributed by atoms with van der Waals surface area (Å²) >= 11 is 1.60. The SMILES string of the molecule is CN1CCOC(C(=O)Nc2c(-c3cccs3)nc3ccccn23)C1. The number of carbonyl (C=O) groups is 1. The number of imidazole rings is 1. The van der Waals surface area contributed by atoms with Crippen molar-refractivity contribution in [2.45, 2.75) is 6.10 Å². The fourth-order valence-corrected chi connectivity index (χ4v) is 3.55. The number of aromatic nitrogens is 2. The smallest absolute Gasteiger partial charge is 0.256 e. The van der Waals surface area contributed by atoms with E-state index in [2.05, 4.69) is 15.2 Å². The fourth-order valence-electron chi connectivity index (χ4n) is 2.83. The van der Waals surface area contributed by atoms with Crippen LogP contribution in [0.3, 0.4) is 0 Å². The highest BCUT2D eigenvalue weighted by Crippen LogP contribution is 2.32. The molecule has 1 fully saturated rings. The van der Waals surface area contributed by atoms with E-state index in [4.69, 9.17) is 4.74 Å². The third-order valence-electron chi connectivity index (χ3n) is 4.09. The van der Waals surface area contributed by atoms with Crippen LogP contribution >= 0.6 is 11.3 Å². The number of pyridine rings is 1. The lowest BCUT2D eigenvalue weighted by atomic mass is 10.2. The quantitative estimate of drug-likeness (QED) is 0.794. The minimum Gasteiger partial charge on any atom is -0.366 e. The molecule has 3 aromatic heterocycles. The fraction of sp³-hybridized carbons (Fsp3) is 0.294. The first-order valence-corrected chi connectivity index (χ1v) is 8.72. The molecule has 1 unspecified atom stereocenters. The molecular weight excluding hydrogens is 324 g/mol. The lowest BCUT2D eigenvalue weighted by Crippen LogP contribution is -2.46. The summed E-state index contributed by atoms with van der Waals surface area (Å²) in [6.45, 7) is 2.01. The van der Waals surface area contributed by atoms with Gasteiger partial charge in [-0.25, -0.2) is 4.98 Å². The normalized spacial score (nSPS) is 18.8. The Morgan fingerprint density at radius 2 is 2.29 bits per heavy atom. The van der Waals surface area contributed by atoms with Gasteiger partial charge in [-0.3, -0.25) is 9.20 Å². The number of carbonyl (C=O) groups excluding carboxylic acids is 1. The second-order valence-corrected chi connectivity index (χ2v) is 6.77. The van der Waals surface area contributed by atoms with Gasteiger partial charge >= 0.3 is 0 Å². The maximum Gasteiger partial charge on any atom is 0.256 e. The molecule has 4 heterocycles. The maximum atomic E-state index is 12.7. The van der Waals surface area contributed by atoms with Crippen molar-refractivity contribution in [1.29, 1.82) is 0 Å². The van der Waals surface area contributed by atoms with Crippen LogP contribution in [0, 0.1) is 0 Å². The van der Waals surface area contributed by atoms with Gasteiger partial charge in [-0.2, -0.15) is 0 Å². The van der Waals surface area contributed by atoms with Crippen LogP contribution in [0.2, 0.25) is 0 Å². The standard InChI is InChI=1S/C17H18N4O2S/c1-20-8-9-23-12(11-20)17(22)19-16-15(13-5-4-10-24-13)18-14-6-2-3-7-21(14)16/h2-7,10,12H,8-9,11H2,1H3,(H,19,22). The average molecular weight is 342 g/mol. The van der Waals surface area contributed by atoms with Crippen LogP contribution < -0.4 is 5.32 Å². The molecule has 0 bridgehead atoms. The van der Waals surface area contributed by atoms with Gasteiger partial charge in [-0.15, -0.1) is 11.3 Å². The minimum absolute atomic E-state index is 0.134. The largest absolute Gasteiger partial charge is 0.366 e. The number of amides is 1. The zero-order valence-electron chi connectivity index (χ0n) is 13.3. The number of hydrogen-bond acceptors (Lipinski definition) is 5. The molecule has 1 atom stereocenters. The van der Waals surface area contributed by atoms with Crippen molar-refractivity contribution in [2.75, 3.05) is 32.1 Å². The number of likely N-dealkylation sites (N-methyl/N-ethyl adjacent to an activating group) is 1. The van der Waals surface area contributed by atoms with E-state index in [0.717, 1.165) is 22.8 Å². The summed E-state index contributed by atoms with van der Waals surface area (Å²) in [4.78, 5) is 20.5. The Morgan fingerprint density at radius 1 is 1.38 bits per heavy atom. The van der Waals surface area contributed by atoms with E-state index in [-0.39, 0.29) is 5.91 Å². The van der Waals surface area contributed by atoms with Gasteiger partial charge < -0.3 is 15.0 Å². The highest BCUT2D eigenvalue weighted by molar-refractivity contribution is 7.13. The van der Waals surface area contributed by atoms with E-state index in [1.165, 1.54) is 0 Å². The summed E-state index contributed by atoms with van der Waals surface area (Å²) < 4.78 is 7.52. The van der Waals surface area contributed by atoms with E-state index in [1.54, 1.807) is 11.3 Å². The zero-order chi connectivity index (χ0) is 16.5. The number of hydrogen-bond donors (Lipinski definition) is 1. The van der Waals surface area contributed by atoms with Gasteiger partial charge in [0, 0.05) is 19.3 Å². The summed E-state index contributed by atoms with van der Waals surface area (Å²) in [7, 11) is 1.99. The van der Waals surface area contributed by atoms with Gasteiger partial charge in [0.15, 0.2) is 0 Å². The Kier molecular flexibility index (Phi) is 4.05. The maximum absolute atomic E-state index is 12.7. The highest BCUT2D eigenvalue weighted by atomic mass is 32.1. The Hall–Kier alpha value is -2.22. The van der Waals surface area contributed by atoms with Gasteiger partial charge in [-0.1, -0.05) is 12.1 Å². The Balaban J connectivity index is 1.70. The number of nitrogens with one attached hydrogen (secondary N) is 1. The summed E-state index contributed by atoms with van der Waals surface area (Å²) in [6.07, 6.45) is 1.44. The molecule has 1 aliphatic rings. The molecule has 6 nitrogen and oxygen atoms in total. The molecule has 7 heteroatoms. The highest BCUT2D eigenvalue weighted by Gasteiger charge is 2.27. The van der Waals surface area contributed by atoms with Crippen molar-refractivity contribution in [3.63, 3.8) is 0 Å². The molecule has 1 amide bonds. The summed E-state index contributed by atoms with van der Waals surface area (Å²) in [6, 6.07) is 9.78. The molecule has 1 aliphatic heterocycles. The molecule has 1 saturated heterocycles. The van der Waals surface area contributed by atoms with Crippen molar-refractivity contribution in [2.24, 2.45) is 0 Å². The van der Waals surface area contributed by atoms with E-state index >= 15 is 0 Å². The number of anilines is 1. The molecular formula is C17H18N4O2S. The molecule has 0 aliphatic carbocycles. The molecule has 124 valence electrons. The second-order valence-electron chi connectivity index (χ2n) is 5.83. The monoisotopic (exact) mass is 342 g/mol. The first-order valence-electron chi connectivity index (χ1n) is 7.84. The van der Waals surface area contributed by atoms with Gasteiger partial charge in [-0.05, 0) is 30.6 Å². The van der Waals surface area contributed by atoms with E-state index in [9.17, 15) is 4.79 Å². The number of rotatable bonds is 3. The van der Waals surface area contributed by atoms with Crippen LogP contribution in [0.15, 0.2) is 41.9 Å². The van der Waals surface area contributed by atoms with Crippen LogP contribution in [0.25, 0.3) is 16.2 Å². The molecule has 0 spiro atoms. The van der Waals surface area contributed by atoms with Gasteiger partial charge in [0.2, 0.25) is 0 Å². The van der Waals surface area contributed by atoms with Gasteiger partial charge in [0.05, 0.1) is 11.5 Å². The van der Waals surface area contributed by atoms with E-state index in [1.807, 2.05) is 53.4 Å². The summed E-state index contributed by atoms with van der Waals surface area (Å²) in [5.41, 5.74) is 1.59. The van der Waals surface area contributed by atoms with E-state index in [0.29, 0.717) is 19.0 Å².